The van der Waals surface area contributed by atoms with E-state index in [0.717, 1.165) is 17.7 Å². The predicted octanol–water partition coefficient (Wildman–Crippen LogP) is 1.99. The highest BCUT2D eigenvalue weighted by Gasteiger charge is 2.30. The first kappa shape index (κ1) is 9.19. The van der Waals surface area contributed by atoms with E-state index in [0.29, 0.717) is 11.4 Å². The summed E-state index contributed by atoms with van der Waals surface area (Å²) < 4.78 is 10.9. The van der Waals surface area contributed by atoms with Crippen LogP contribution in [0.3, 0.4) is 0 Å². The summed E-state index contributed by atoms with van der Waals surface area (Å²) in [7, 11) is 1.61. The molecule has 0 fully saturated rings. The zero-order chi connectivity index (χ0) is 10.3. The van der Waals surface area contributed by atoms with E-state index < -0.39 is 0 Å². The highest BCUT2D eigenvalue weighted by atomic mass is 16.5. The lowest BCUT2D eigenvalue weighted by molar-refractivity contribution is 0.138. The molecule has 0 unspecified atom stereocenters. The van der Waals surface area contributed by atoms with Gasteiger partial charge in [-0.2, -0.15) is 0 Å². The second-order valence-electron chi connectivity index (χ2n) is 4.24. The molecule has 1 aromatic carbocycles. The maximum Gasteiger partial charge on any atom is 0.145 e. The van der Waals surface area contributed by atoms with Crippen molar-refractivity contribution in [1.29, 1.82) is 0 Å². The average molecular weight is 193 g/mol. The maximum absolute atomic E-state index is 5.81. The highest BCUT2D eigenvalue weighted by molar-refractivity contribution is 5.60. The largest absolute Gasteiger partial charge is 0.494 e. The highest BCUT2D eigenvalue weighted by Crippen LogP contribution is 2.39. The number of benzene rings is 1. The molecule has 3 nitrogen and oxygen atoms in total. The van der Waals surface area contributed by atoms with Crippen LogP contribution in [0.5, 0.6) is 11.5 Å². The van der Waals surface area contributed by atoms with Crippen LogP contribution in [-0.4, -0.2) is 12.7 Å². The summed E-state index contributed by atoms with van der Waals surface area (Å²) >= 11 is 0. The van der Waals surface area contributed by atoms with E-state index in [-0.39, 0.29) is 5.60 Å². The quantitative estimate of drug-likeness (QED) is 0.694. The van der Waals surface area contributed by atoms with Gasteiger partial charge < -0.3 is 15.2 Å². The number of anilines is 1. The molecule has 2 rings (SSSR count). The molecular weight excluding hydrogens is 178 g/mol. The molecule has 1 aromatic rings. The zero-order valence-corrected chi connectivity index (χ0v) is 8.76. The van der Waals surface area contributed by atoms with E-state index in [4.69, 9.17) is 15.2 Å². The third kappa shape index (κ3) is 1.39. The Morgan fingerprint density at radius 2 is 2.14 bits per heavy atom. The minimum absolute atomic E-state index is 0.124. The molecule has 14 heavy (non-hydrogen) atoms. The Morgan fingerprint density at radius 1 is 1.43 bits per heavy atom. The second kappa shape index (κ2) is 2.80. The van der Waals surface area contributed by atoms with Gasteiger partial charge >= 0.3 is 0 Å². The Bertz CT molecular complexity index is 372. The van der Waals surface area contributed by atoms with Crippen molar-refractivity contribution in [3.8, 4) is 11.5 Å². The molecule has 0 aliphatic carbocycles. The zero-order valence-electron chi connectivity index (χ0n) is 8.76. The molecule has 3 heteroatoms. The first-order valence-electron chi connectivity index (χ1n) is 4.67. The lowest BCUT2D eigenvalue weighted by Crippen LogP contribution is -2.24. The molecule has 0 aromatic heterocycles. The topological polar surface area (TPSA) is 44.5 Å². The Balaban J connectivity index is 2.44. The number of nitrogen functional groups attached to an aromatic ring is 1. The van der Waals surface area contributed by atoms with Crippen molar-refractivity contribution in [2.75, 3.05) is 12.8 Å². The van der Waals surface area contributed by atoms with Gasteiger partial charge in [0.25, 0.3) is 0 Å². The third-order valence-corrected chi connectivity index (χ3v) is 2.42. The number of ether oxygens (including phenoxy) is 2. The van der Waals surface area contributed by atoms with Gasteiger partial charge in [-0.25, -0.2) is 0 Å². The molecule has 76 valence electrons. The van der Waals surface area contributed by atoms with Crippen molar-refractivity contribution in [3.05, 3.63) is 17.7 Å². The summed E-state index contributed by atoms with van der Waals surface area (Å²) in [6.07, 6.45) is 0.899. The van der Waals surface area contributed by atoms with Crippen LogP contribution in [0.25, 0.3) is 0 Å². The van der Waals surface area contributed by atoms with Gasteiger partial charge in [-0.3, -0.25) is 0 Å². The molecule has 1 aliphatic heterocycles. The van der Waals surface area contributed by atoms with Crippen molar-refractivity contribution < 1.29 is 9.47 Å². The first-order valence-corrected chi connectivity index (χ1v) is 4.67. The van der Waals surface area contributed by atoms with Crippen LogP contribution in [0.2, 0.25) is 0 Å². The molecule has 0 spiro atoms. The van der Waals surface area contributed by atoms with Gasteiger partial charge in [-0.1, -0.05) is 0 Å². The van der Waals surface area contributed by atoms with Gasteiger partial charge in [-0.15, -0.1) is 0 Å². The van der Waals surface area contributed by atoms with Crippen LogP contribution < -0.4 is 15.2 Å². The molecular formula is C11H15NO2. The summed E-state index contributed by atoms with van der Waals surface area (Å²) in [5, 5.41) is 0. The lowest BCUT2D eigenvalue weighted by atomic mass is 10.0. The van der Waals surface area contributed by atoms with Crippen molar-refractivity contribution in [3.63, 3.8) is 0 Å². The van der Waals surface area contributed by atoms with Crippen LogP contribution in [0.15, 0.2) is 12.1 Å². The second-order valence-corrected chi connectivity index (χ2v) is 4.24. The van der Waals surface area contributed by atoms with E-state index in [1.807, 2.05) is 12.1 Å². The smallest absolute Gasteiger partial charge is 0.145 e. The fourth-order valence-electron chi connectivity index (χ4n) is 1.83. The standard InChI is InChI=1S/C11H15NO2/c1-11(2)6-7-4-8(12)10(13-3)5-9(7)14-11/h4-5H,6,12H2,1-3H3. The fraction of sp³-hybridized carbons (Fsp3) is 0.455. The molecule has 0 amide bonds. The van der Waals surface area contributed by atoms with E-state index in [9.17, 15) is 0 Å². The summed E-state index contributed by atoms with van der Waals surface area (Å²) in [6, 6.07) is 3.79. The number of methoxy groups -OCH3 is 1. The number of rotatable bonds is 1. The normalized spacial score (nSPS) is 17.4. The van der Waals surface area contributed by atoms with Crippen molar-refractivity contribution in [1.82, 2.24) is 0 Å². The fourth-order valence-corrected chi connectivity index (χ4v) is 1.83. The van der Waals surface area contributed by atoms with E-state index in [1.54, 1.807) is 7.11 Å². The molecule has 1 aliphatic rings. The lowest BCUT2D eigenvalue weighted by Gasteiger charge is -2.16. The van der Waals surface area contributed by atoms with Gasteiger partial charge in [0, 0.05) is 18.1 Å². The van der Waals surface area contributed by atoms with Crippen molar-refractivity contribution >= 4 is 5.69 Å². The van der Waals surface area contributed by atoms with Gasteiger partial charge in [0.1, 0.15) is 17.1 Å². The van der Waals surface area contributed by atoms with Crippen molar-refractivity contribution in [2.45, 2.75) is 25.9 Å². The summed E-state index contributed by atoms with van der Waals surface area (Å²) in [5.74, 6) is 1.57. The molecule has 1 heterocycles. The minimum Gasteiger partial charge on any atom is -0.494 e. The molecule has 0 atom stereocenters. The minimum atomic E-state index is -0.124. The van der Waals surface area contributed by atoms with E-state index in [2.05, 4.69) is 13.8 Å². The van der Waals surface area contributed by atoms with E-state index >= 15 is 0 Å². The van der Waals surface area contributed by atoms with E-state index in [1.165, 1.54) is 0 Å². The Kier molecular flexibility index (Phi) is 1.84. The van der Waals surface area contributed by atoms with Gasteiger partial charge in [0.05, 0.1) is 12.8 Å². The molecule has 2 N–H and O–H groups in total. The van der Waals surface area contributed by atoms with Crippen LogP contribution in [0.4, 0.5) is 5.69 Å². The first-order chi connectivity index (χ1) is 6.52. The van der Waals surface area contributed by atoms with Gasteiger partial charge in [-0.05, 0) is 19.9 Å². The summed E-state index contributed by atoms with van der Waals surface area (Å²) in [4.78, 5) is 0. The predicted molar refractivity (Wildman–Crippen MR) is 55.8 cm³/mol. The summed E-state index contributed by atoms with van der Waals surface area (Å²) in [5.41, 5.74) is 7.52. The molecule has 0 saturated carbocycles. The number of nitrogens with two attached hydrogens (primary N) is 1. The maximum atomic E-state index is 5.81. The van der Waals surface area contributed by atoms with Crippen LogP contribution in [0, 0.1) is 0 Å². The van der Waals surface area contributed by atoms with Crippen LogP contribution >= 0.6 is 0 Å². The number of fused-ring (bicyclic) bond motifs is 1. The molecule has 0 radical (unpaired) electrons. The molecule has 0 bridgehead atoms. The Labute approximate surface area is 83.8 Å². The van der Waals surface area contributed by atoms with Gasteiger partial charge in [0.15, 0.2) is 0 Å². The average Bonchev–Trinajstić information content (AvgIpc) is 2.36. The number of hydrogen-bond donors (Lipinski definition) is 1. The third-order valence-electron chi connectivity index (χ3n) is 2.42. The SMILES string of the molecule is COc1cc2c(cc1N)CC(C)(C)O2. The van der Waals surface area contributed by atoms with Crippen LogP contribution in [0.1, 0.15) is 19.4 Å². The van der Waals surface area contributed by atoms with Gasteiger partial charge in [0.2, 0.25) is 0 Å². The number of hydrogen-bond acceptors (Lipinski definition) is 3. The Hall–Kier alpha value is -1.38. The monoisotopic (exact) mass is 193 g/mol. The Morgan fingerprint density at radius 3 is 2.79 bits per heavy atom. The summed E-state index contributed by atoms with van der Waals surface area (Å²) in [6.45, 7) is 4.13. The molecule has 0 saturated heterocycles. The van der Waals surface area contributed by atoms with Crippen LogP contribution in [-0.2, 0) is 6.42 Å². The van der Waals surface area contributed by atoms with Crippen molar-refractivity contribution in [2.24, 2.45) is 0 Å².